The molecule has 2 N–H and O–H groups in total. The van der Waals surface area contributed by atoms with Crippen molar-refractivity contribution >= 4 is 27.7 Å². The highest BCUT2D eigenvalue weighted by atomic mass is 32.2. The van der Waals surface area contributed by atoms with Gasteiger partial charge in [-0.15, -0.1) is 0 Å². The van der Waals surface area contributed by atoms with Crippen molar-refractivity contribution in [1.82, 2.24) is 5.32 Å². The Kier molecular flexibility index (Phi) is 7.87. The lowest BCUT2D eigenvalue weighted by molar-refractivity contribution is -0.116. The lowest BCUT2D eigenvalue weighted by Crippen LogP contribution is -2.21. The highest BCUT2D eigenvalue weighted by molar-refractivity contribution is 7.92. The average molecular weight is 442 g/mol. The molecule has 2 rings (SSSR count). The zero-order valence-corrected chi connectivity index (χ0v) is 17.2. The largest absolute Gasteiger partial charge is 0.493 e. The topological polar surface area (TPSA) is 84.5 Å². The molecule has 0 aliphatic carbocycles. The molecule has 0 atom stereocenters. The first kappa shape index (κ1) is 23.3. The number of nitrogens with one attached hydrogen (secondary N) is 2. The average Bonchev–Trinajstić information content (AvgIpc) is 2.66. The van der Waals surface area contributed by atoms with Crippen molar-refractivity contribution < 1.29 is 31.1 Å². The van der Waals surface area contributed by atoms with Crippen LogP contribution >= 0.6 is 0 Å². The summed E-state index contributed by atoms with van der Waals surface area (Å²) in [5.41, 5.74) is -0.198. The highest BCUT2D eigenvalue weighted by Crippen LogP contribution is 2.23. The lowest BCUT2D eigenvalue weighted by atomic mass is 10.1. The summed E-state index contributed by atoms with van der Waals surface area (Å²) >= 11 is 0. The number of carbonyl (C=O) groups is 1. The summed E-state index contributed by atoms with van der Waals surface area (Å²) in [6.07, 6.45) is 4.11. The van der Waals surface area contributed by atoms with Crippen LogP contribution in [0.25, 0.3) is 6.08 Å². The molecule has 0 bridgehead atoms. The molecule has 2 aromatic rings. The number of carbonyl (C=O) groups excluding carboxylic acids is 1. The number of ether oxygens (including phenoxy) is 1. The first-order chi connectivity index (χ1) is 14.1. The van der Waals surface area contributed by atoms with E-state index < -0.39 is 39.1 Å². The van der Waals surface area contributed by atoms with Gasteiger partial charge in [-0.3, -0.25) is 9.52 Å². The fourth-order valence-electron chi connectivity index (χ4n) is 2.41. The summed E-state index contributed by atoms with van der Waals surface area (Å²) in [5.74, 6) is -2.95. The molecule has 0 fully saturated rings. The maximum atomic E-state index is 14.0. The molecule has 0 saturated carbocycles. The van der Waals surface area contributed by atoms with E-state index in [4.69, 9.17) is 4.74 Å². The predicted molar refractivity (Wildman–Crippen MR) is 108 cm³/mol. The van der Waals surface area contributed by atoms with Crippen LogP contribution in [0.2, 0.25) is 0 Å². The Morgan fingerprint density at radius 1 is 1.13 bits per heavy atom. The van der Waals surface area contributed by atoms with Crippen LogP contribution in [0.5, 0.6) is 5.75 Å². The quantitative estimate of drug-likeness (QED) is 0.582. The van der Waals surface area contributed by atoms with Crippen LogP contribution in [0.3, 0.4) is 0 Å². The fourth-order valence-corrected chi connectivity index (χ4v) is 2.97. The zero-order valence-electron chi connectivity index (χ0n) is 16.3. The van der Waals surface area contributed by atoms with E-state index in [1.807, 2.05) is 6.92 Å². The number of halogens is 3. The van der Waals surface area contributed by atoms with Crippen LogP contribution in [0.1, 0.15) is 24.5 Å². The minimum absolute atomic E-state index is 0.0968. The van der Waals surface area contributed by atoms with Gasteiger partial charge in [-0.05, 0) is 42.3 Å². The number of amides is 1. The summed E-state index contributed by atoms with van der Waals surface area (Å²) in [5, 5.41) is 2.45. The van der Waals surface area contributed by atoms with Gasteiger partial charge in [-0.2, -0.15) is 0 Å². The summed E-state index contributed by atoms with van der Waals surface area (Å²) in [6, 6.07) is 5.73. The molecule has 0 spiro atoms. The van der Waals surface area contributed by atoms with E-state index in [1.54, 1.807) is 4.72 Å². The third-order valence-electron chi connectivity index (χ3n) is 3.71. The summed E-state index contributed by atoms with van der Waals surface area (Å²) in [7, 11) is -3.85. The van der Waals surface area contributed by atoms with Crippen molar-refractivity contribution in [2.45, 2.75) is 19.9 Å². The Morgan fingerprint density at radius 2 is 1.80 bits per heavy atom. The summed E-state index contributed by atoms with van der Waals surface area (Å²) < 4.78 is 70.9. The first-order valence-corrected chi connectivity index (χ1v) is 10.8. The van der Waals surface area contributed by atoms with Gasteiger partial charge in [0.2, 0.25) is 15.9 Å². The van der Waals surface area contributed by atoms with Gasteiger partial charge in [-0.1, -0.05) is 6.92 Å². The predicted octanol–water partition coefficient (Wildman–Crippen LogP) is 3.59. The van der Waals surface area contributed by atoms with Crippen molar-refractivity contribution in [2.24, 2.45) is 0 Å². The minimum atomic E-state index is -3.85. The van der Waals surface area contributed by atoms with Crippen LogP contribution in [0, 0.1) is 17.5 Å². The number of rotatable bonds is 9. The SMILES string of the molecule is CCCOc1cc(F)ccc1/C=C/C(=O)NCc1cc(F)c(NS(C)(=O)=O)c(F)c1. The van der Waals surface area contributed by atoms with Gasteiger partial charge in [0.25, 0.3) is 0 Å². The normalized spacial score (nSPS) is 11.5. The molecule has 0 aliphatic rings. The van der Waals surface area contributed by atoms with Crippen LogP contribution in [-0.4, -0.2) is 27.2 Å². The number of hydrogen-bond donors (Lipinski definition) is 2. The Morgan fingerprint density at radius 3 is 2.40 bits per heavy atom. The molecule has 0 radical (unpaired) electrons. The van der Waals surface area contributed by atoms with E-state index in [0.717, 1.165) is 24.8 Å². The Bertz CT molecular complexity index is 1030. The molecule has 0 saturated heterocycles. The molecule has 6 nitrogen and oxygen atoms in total. The van der Waals surface area contributed by atoms with Crippen molar-refractivity contribution in [3.8, 4) is 5.75 Å². The molecule has 1 amide bonds. The van der Waals surface area contributed by atoms with E-state index in [2.05, 4.69) is 5.32 Å². The second-order valence-electron chi connectivity index (χ2n) is 6.39. The van der Waals surface area contributed by atoms with E-state index in [1.165, 1.54) is 30.4 Å². The van der Waals surface area contributed by atoms with E-state index in [0.29, 0.717) is 17.9 Å². The molecule has 0 unspecified atom stereocenters. The van der Waals surface area contributed by atoms with Crippen molar-refractivity contribution in [2.75, 3.05) is 17.6 Å². The molecule has 0 heterocycles. The third-order valence-corrected chi connectivity index (χ3v) is 4.28. The smallest absolute Gasteiger partial charge is 0.244 e. The van der Waals surface area contributed by atoms with Gasteiger partial charge < -0.3 is 10.1 Å². The number of anilines is 1. The molecule has 2 aromatic carbocycles. The molecule has 10 heteroatoms. The maximum Gasteiger partial charge on any atom is 0.244 e. The van der Waals surface area contributed by atoms with E-state index >= 15 is 0 Å². The first-order valence-electron chi connectivity index (χ1n) is 8.93. The van der Waals surface area contributed by atoms with Gasteiger partial charge >= 0.3 is 0 Å². The third kappa shape index (κ3) is 7.11. The van der Waals surface area contributed by atoms with Gasteiger partial charge in [-0.25, -0.2) is 21.6 Å². The molecule has 0 aliphatic heterocycles. The second-order valence-corrected chi connectivity index (χ2v) is 8.14. The summed E-state index contributed by atoms with van der Waals surface area (Å²) in [6.45, 7) is 2.09. The lowest BCUT2D eigenvalue weighted by Gasteiger charge is -2.10. The van der Waals surface area contributed by atoms with Crippen LogP contribution < -0.4 is 14.8 Å². The van der Waals surface area contributed by atoms with Crippen LogP contribution in [0.4, 0.5) is 18.9 Å². The molecule has 0 aromatic heterocycles. The Balaban J connectivity index is 2.05. The van der Waals surface area contributed by atoms with Gasteiger partial charge in [0, 0.05) is 24.3 Å². The summed E-state index contributed by atoms with van der Waals surface area (Å²) in [4.78, 5) is 12.0. The zero-order chi connectivity index (χ0) is 22.3. The van der Waals surface area contributed by atoms with E-state index in [-0.39, 0.29) is 12.1 Å². The molecule has 162 valence electrons. The second kappa shape index (κ2) is 10.1. The highest BCUT2D eigenvalue weighted by Gasteiger charge is 2.15. The minimum Gasteiger partial charge on any atom is -0.493 e. The number of sulfonamides is 1. The monoisotopic (exact) mass is 442 g/mol. The maximum absolute atomic E-state index is 14.0. The fraction of sp³-hybridized carbons (Fsp3) is 0.250. The van der Waals surface area contributed by atoms with Crippen LogP contribution in [0.15, 0.2) is 36.4 Å². The Labute approximate surface area is 172 Å². The molecular weight excluding hydrogens is 421 g/mol. The van der Waals surface area contributed by atoms with Crippen molar-refractivity contribution in [1.29, 1.82) is 0 Å². The van der Waals surface area contributed by atoms with Gasteiger partial charge in [0.15, 0.2) is 11.6 Å². The number of benzene rings is 2. The molecule has 30 heavy (non-hydrogen) atoms. The van der Waals surface area contributed by atoms with E-state index in [9.17, 15) is 26.4 Å². The van der Waals surface area contributed by atoms with Gasteiger partial charge in [0.1, 0.15) is 17.3 Å². The number of hydrogen-bond acceptors (Lipinski definition) is 4. The van der Waals surface area contributed by atoms with Gasteiger partial charge in [0.05, 0.1) is 12.9 Å². The van der Waals surface area contributed by atoms with Crippen molar-refractivity contribution in [3.63, 3.8) is 0 Å². The van der Waals surface area contributed by atoms with Crippen LogP contribution in [-0.2, 0) is 21.4 Å². The molecular formula is C20H21F3N2O4S. The Hall–Kier alpha value is -3.01. The standard InChI is InChI=1S/C20H21F3N2O4S/c1-3-8-29-18-11-15(21)6-4-14(18)5-7-19(26)24-12-13-9-16(22)20(17(23)10-13)25-30(2,27)28/h4-7,9-11,25H,3,8,12H2,1-2H3,(H,24,26)/b7-5+. The van der Waals surface area contributed by atoms with Crippen molar-refractivity contribution in [3.05, 3.63) is 65.0 Å².